The molecule has 2 fully saturated rings. The summed E-state index contributed by atoms with van der Waals surface area (Å²) in [6, 6.07) is 4.14. The van der Waals surface area contributed by atoms with Crippen molar-refractivity contribution in [1.82, 2.24) is 15.2 Å². The summed E-state index contributed by atoms with van der Waals surface area (Å²) in [4.78, 5) is 20.9. The Bertz CT molecular complexity index is 546. The molecule has 0 spiro atoms. The SMILES string of the molecule is C=CCNC(=O)c1ccc(N2CC3OCCN(C)C3C2)nc1. The van der Waals surface area contributed by atoms with Crippen LogP contribution in [0.25, 0.3) is 0 Å². The molecule has 1 aromatic rings. The van der Waals surface area contributed by atoms with Crippen LogP contribution in [0.5, 0.6) is 0 Å². The van der Waals surface area contributed by atoms with Crippen molar-refractivity contribution >= 4 is 11.7 Å². The maximum atomic E-state index is 11.8. The van der Waals surface area contributed by atoms with Crippen molar-refractivity contribution in [2.75, 3.05) is 44.7 Å². The van der Waals surface area contributed by atoms with E-state index in [4.69, 9.17) is 4.74 Å². The summed E-state index contributed by atoms with van der Waals surface area (Å²) in [6.45, 7) is 7.57. The molecular weight excluding hydrogens is 280 g/mol. The molecule has 0 aromatic carbocycles. The fraction of sp³-hybridized carbons (Fsp3) is 0.500. The van der Waals surface area contributed by atoms with Crippen molar-refractivity contribution in [3.63, 3.8) is 0 Å². The first-order valence-electron chi connectivity index (χ1n) is 7.61. The molecule has 0 bridgehead atoms. The summed E-state index contributed by atoms with van der Waals surface area (Å²) in [7, 11) is 2.14. The molecule has 0 saturated carbocycles. The summed E-state index contributed by atoms with van der Waals surface area (Å²) in [5.74, 6) is 0.767. The van der Waals surface area contributed by atoms with Crippen LogP contribution >= 0.6 is 0 Å². The van der Waals surface area contributed by atoms with E-state index in [0.717, 1.165) is 32.1 Å². The summed E-state index contributed by atoms with van der Waals surface area (Å²) in [5, 5.41) is 2.75. The molecule has 2 saturated heterocycles. The first-order chi connectivity index (χ1) is 10.7. The van der Waals surface area contributed by atoms with E-state index in [1.54, 1.807) is 12.3 Å². The summed E-state index contributed by atoms with van der Waals surface area (Å²) in [6.07, 6.45) is 3.53. The number of rotatable bonds is 4. The Labute approximate surface area is 130 Å². The van der Waals surface area contributed by atoms with Crippen LogP contribution in [0.15, 0.2) is 31.0 Å². The summed E-state index contributed by atoms with van der Waals surface area (Å²) in [5.41, 5.74) is 0.565. The third-order valence-electron chi connectivity index (χ3n) is 4.32. The van der Waals surface area contributed by atoms with Gasteiger partial charge in [0.2, 0.25) is 0 Å². The molecular formula is C16H22N4O2. The number of nitrogens with one attached hydrogen (secondary N) is 1. The molecule has 6 heteroatoms. The highest BCUT2D eigenvalue weighted by molar-refractivity contribution is 5.94. The summed E-state index contributed by atoms with van der Waals surface area (Å²) < 4.78 is 5.85. The number of carbonyl (C=O) groups is 1. The van der Waals surface area contributed by atoms with Gasteiger partial charge in [-0.25, -0.2) is 4.98 Å². The fourth-order valence-corrected chi connectivity index (χ4v) is 3.02. The number of ether oxygens (including phenoxy) is 1. The van der Waals surface area contributed by atoms with Crippen molar-refractivity contribution in [3.8, 4) is 0 Å². The number of pyridine rings is 1. The summed E-state index contributed by atoms with van der Waals surface area (Å²) >= 11 is 0. The predicted molar refractivity (Wildman–Crippen MR) is 85.1 cm³/mol. The van der Waals surface area contributed by atoms with E-state index in [9.17, 15) is 4.79 Å². The molecule has 3 heterocycles. The minimum atomic E-state index is -0.128. The highest BCUT2D eigenvalue weighted by atomic mass is 16.5. The normalized spacial score (nSPS) is 24.9. The van der Waals surface area contributed by atoms with Gasteiger partial charge in [0, 0.05) is 32.4 Å². The van der Waals surface area contributed by atoms with Crippen LogP contribution in [0.2, 0.25) is 0 Å². The number of morpholine rings is 1. The molecule has 22 heavy (non-hydrogen) atoms. The Morgan fingerprint density at radius 2 is 2.41 bits per heavy atom. The fourth-order valence-electron chi connectivity index (χ4n) is 3.02. The lowest BCUT2D eigenvalue weighted by atomic mass is 10.1. The van der Waals surface area contributed by atoms with E-state index in [1.807, 2.05) is 12.1 Å². The van der Waals surface area contributed by atoms with Crippen LogP contribution < -0.4 is 10.2 Å². The first kappa shape index (κ1) is 15.0. The van der Waals surface area contributed by atoms with E-state index in [-0.39, 0.29) is 12.0 Å². The molecule has 2 aliphatic rings. The molecule has 6 nitrogen and oxygen atoms in total. The topological polar surface area (TPSA) is 57.7 Å². The van der Waals surface area contributed by atoms with Gasteiger partial charge in [0.05, 0.1) is 24.3 Å². The number of hydrogen-bond donors (Lipinski definition) is 1. The maximum Gasteiger partial charge on any atom is 0.253 e. The van der Waals surface area contributed by atoms with Gasteiger partial charge in [-0.15, -0.1) is 6.58 Å². The van der Waals surface area contributed by atoms with Crippen LogP contribution in [-0.4, -0.2) is 67.8 Å². The van der Waals surface area contributed by atoms with Gasteiger partial charge in [-0.2, -0.15) is 0 Å². The monoisotopic (exact) mass is 302 g/mol. The standard InChI is InChI=1S/C16H22N4O2/c1-3-6-17-16(21)12-4-5-15(18-9-12)20-10-13-14(11-20)22-8-7-19(13)2/h3-5,9,13-14H,1,6-8,10-11H2,2H3,(H,17,21). The Morgan fingerprint density at radius 3 is 3.09 bits per heavy atom. The van der Waals surface area contributed by atoms with Gasteiger partial charge in [0.1, 0.15) is 5.82 Å². The minimum absolute atomic E-state index is 0.128. The number of amides is 1. The first-order valence-corrected chi connectivity index (χ1v) is 7.61. The van der Waals surface area contributed by atoms with Gasteiger partial charge in [-0.1, -0.05) is 6.08 Å². The number of likely N-dealkylation sites (N-methyl/N-ethyl adjacent to an activating group) is 1. The van der Waals surface area contributed by atoms with Crippen LogP contribution in [-0.2, 0) is 4.74 Å². The maximum absolute atomic E-state index is 11.8. The molecule has 0 aliphatic carbocycles. The van der Waals surface area contributed by atoms with Crippen molar-refractivity contribution in [2.24, 2.45) is 0 Å². The largest absolute Gasteiger partial charge is 0.373 e. The zero-order chi connectivity index (χ0) is 15.5. The van der Waals surface area contributed by atoms with Crippen LogP contribution in [0.3, 0.4) is 0 Å². The third-order valence-corrected chi connectivity index (χ3v) is 4.32. The number of fused-ring (bicyclic) bond motifs is 1. The van der Waals surface area contributed by atoms with Gasteiger partial charge in [0.25, 0.3) is 5.91 Å². The average Bonchev–Trinajstić information content (AvgIpc) is 2.98. The lowest BCUT2D eigenvalue weighted by molar-refractivity contribution is -0.0362. The van der Waals surface area contributed by atoms with Gasteiger partial charge in [-0.3, -0.25) is 9.69 Å². The van der Waals surface area contributed by atoms with Crippen LogP contribution in [0, 0.1) is 0 Å². The van der Waals surface area contributed by atoms with Crippen LogP contribution in [0.4, 0.5) is 5.82 Å². The second-order valence-electron chi connectivity index (χ2n) is 5.77. The van der Waals surface area contributed by atoms with E-state index >= 15 is 0 Å². The number of aromatic nitrogens is 1. The lowest BCUT2D eigenvalue weighted by Gasteiger charge is -2.33. The van der Waals surface area contributed by atoms with Gasteiger partial charge >= 0.3 is 0 Å². The molecule has 3 rings (SSSR count). The van der Waals surface area contributed by atoms with E-state index in [2.05, 4.69) is 33.7 Å². The quantitative estimate of drug-likeness (QED) is 0.822. The van der Waals surface area contributed by atoms with Gasteiger partial charge in [0.15, 0.2) is 0 Å². The molecule has 1 N–H and O–H groups in total. The molecule has 118 valence electrons. The molecule has 2 aliphatic heterocycles. The minimum Gasteiger partial charge on any atom is -0.373 e. The number of nitrogens with zero attached hydrogens (tertiary/aromatic N) is 3. The Balaban J connectivity index is 1.66. The Hall–Kier alpha value is -1.92. The van der Waals surface area contributed by atoms with Crippen molar-refractivity contribution in [3.05, 3.63) is 36.5 Å². The highest BCUT2D eigenvalue weighted by Gasteiger charge is 2.38. The van der Waals surface area contributed by atoms with Crippen molar-refractivity contribution in [2.45, 2.75) is 12.1 Å². The number of carbonyl (C=O) groups excluding carboxylic acids is 1. The molecule has 0 radical (unpaired) electrons. The molecule has 2 unspecified atom stereocenters. The van der Waals surface area contributed by atoms with Crippen molar-refractivity contribution in [1.29, 1.82) is 0 Å². The molecule has 1 aromatic heterocycles. The van der Waals surface area contributed by atoms with Crippen LogP contribution in [0.1, 0.15) is 10.4 Å². The molecule has 2 atom stereocenters. The zero-order valence-electron chi connectivity index (χ0n) is 12.9. The predicted octanol–water partition coefficient (Wildman–Crippen LogP) is 0.517. The van der Waals surface area contributed by atoms with E-state index in [0.29, 0.717) is 18.2 Å². The smallest absolute Gasteiger partial charge is 0.253 e. The van der Waals surface area contributed by atoms with E-state index in [1.165, 1.54) is 0 Å². The van der Waals surface area contributed by atoms with Gasteiger partial charge in [-0.05, 0) is 19.2 Å². The van der Waals surface area contributed by atoms with E-state index < -0.39 is 0 Å². The number of hydrogen-bond acceptors (Lipinski definition) is 5. The van der Waals surface area contributed by atoms with Crippen molar-refractivity contribution < 1.29 is 9.53 Å². The Kier molecular flexibility index (Phi) is 4.40. The second-order valence-corrected chi connectivity index (χ2v) is 5.77. The zero-order valence-corrected chi connectivity index (χ0v) is 12.9. The molecule has 1 amide bonds. The third kappa shape index (κ3) is 2.98. The lowest BCUT2D eigenvalue weighted by Crippen LogP contribution is -2.48. The number of anilines is 1. The second kappa shape index (κ2) is 6.46. The Morgan fingerprint density at radius 1 is 1.55 bits per heavy atom. The highest BCUT2D eigenvalue weighted by Crippen LogP contribution is 2.25. The van der Waals surface area contributed by atoms with Gasteiger partial charge < -0.3 is 15.0 Å². The average molecular weight is 302 g/mol.